The van der Waals surface area contributed by atoms with Crippen molar-refractivity contribution >= 4 is 5.91 Å². The summed E-state index contributed by atoms with van der Waals surface area (Å²) in [6, 6.07) is 5.58. The second kappa shape index (κ2) is 5.65. The summed E-state index contributed by atoms with van der Waals surface area (Å²) in [5.74, 6) is 1.08. The molecule has 2 aromatic heterocycles. The predicted molar refractivity (Wildman–Crippen MR) is 79.0 cm³/mol. The van der Waals surface area contributed by atoms with Crippen molar-refractivity contribution in [2.45, 2.75) is 19.4 Å². The lowest BCUT2D eigenvalue weighted by Gasteiger charge is -2.21. The molecule has 6 heteroatoms. The largest absolute Gasteiger partial charge is 0.336 e. The van der Waals surface area contributed by atoms with Gasteiger partial charge in [0, 0.05) is 36.7 Å². The first-order chi connectivity index (χ1) is 10.2. The fourth-order valence-electron chi connectivity index (χ4n) is 2.84. The second-order valence-corrected chi connectivity index (χ2v) is 5.50. The van der Waals surface area contributed by atoms with Crippen LogP contribution in [0.5, 0.6) is 0 Å². The van der Waals surface area contributed by atoms with E-state index in [9.17, 15) is 4.79 Å². The van der Waals surface area contributed by atoms with Gasteiger partial charge in [-0.1, -0.05) is 0 Å². The highest BCUT2D eigenvalue weighted by molar-refractivity contribution is 5.94. The molecule has 6 nitrogen and oxygen atoms in total. The molecule has 0 saturated carbocycles. The molecule has 1 fully saturated rings. The van der Waals surface area contributed by atoms with Gasteiger partial charge < -0.3 is 10.6 Å². The van der Waals surface area contributed by atoms with Crippen molar-refractivity contribution in [1.29, 1.82) is 0 Å². The molecule has 2 aromatic rings. The highest BCUT2D eigenvalue weighted by Crippen LogP contribution is 2.24. The first-order valence-corrected chi connectivity index (χ1v) is 7.16. The van der Waals surface area contributed by atoms with Crippen molar-refractivity contribution in [2.75, 3.05) is 13.1 Å². The van der Waals surface area contributed by atoms with Crippen molar-refractivity contribution in [3.8, 4) is 5.82 Å². The number of carbonyl (C=O) groups is 1. The number of likely N-dealkylation sites (tertiary alicyclic amines) is 1. The van der Waals surface area contributed by atoms with Crippen LogP contribution in [0.15, 0.2) is 36.8 Å². The number of nitrogens with two attached hydrogens (primary N) is 1. The number of amides is 1. The van der Waals surface area contributed by atoms with E-state index in [1.165, 1.54) is 0 Å². The fraction of sp³-hybridized carbons (Fsp3) is 0.400. The number of rotatable bonds is 3. The van der Waals surface area contributed by atoms with Crippen molar-refractivity contribution < 1.29 is 4.79 Å². The van der Waals surface area contributed by atoms with Crippen molar-refractivity contribution in [3.05, 3.63) is 42.4 Å². The summed E-state index contributed by atoms with van der Waals surface area (Å²) in [6.45, 7) is 3.43. The van der Waals surface area contributed by atoms with Crippen molar-refractivity contribution in [2.24, 2.45) is 11.7 Å². The summed E-state index contributed by atoms with van der Waals surface area (Å²) in [6.07, 6.45) is 6.11. The van der Waals surface area contributed by atoms with Gasteiger partial charge in [-0.25, -0.2) is 9.67 Å². The molecule has 1 saturated heterocycles. The van der Waals surface area contributed by atoms with Gasteiger partial charge in [-0.2, -0.15) is 5.10 Å². The molecular weight excluding hydrogens is 266 g/mol. The van der Waals surface area contributed by atoms with E-state index < -0.39 is 0 Å². The van der Waals surface area contributed by atoms with E-state index in [0.29, 0.717) is 23.8 Å². The van der Waals surface area contributed by atoms with Gasteiger partial charge in [-0.15, -0.1) is 0 Å². The minimum absolute atomic E-state index is 0.0363. The Hall–Kier alpha value is -2.21. The molecule has 0 bridgehead atoms. The molecule has 21 heavy (non-hydrogen) atoms. The van der Waals surface area contributed by atoms with Gasteiger partial charge in [-0.05, 0) is 44.0 Å². The summed E-state index contributed by atoms with van der Waals surface area (Å²) >= 11 is 0. The van der Waals surface area contributed by atoms with Gasteiger partial charge in [0.15, 0.2) is 5.82 Å². The van der Waals surface area contributed by atoms with Crippen LogP contribution in [-0.2, 0) is 0 Å². The molecule has 0 spiro atoms. The van der Waals surface area contributed by atoms with E-state index in [0.717, 1.165) is 13.0 Å². The number of hydrogen-bond donors (Lipinski definition) is 1. The lowest BCUT2D eigenvalue weighted by Crippen LogP contribution is -2.34. The van der Waals surface area contributed by atoms with Crippen LogP contribution in [-0.4, -0.2) is 44.7 Å². The zero-order valence-corrected chi connectivity index (χ0v) is 12.0. The topological polar surface area (TPSA) is 77.0 Å². The molecule has 0 aromatic carbocycles. The SMILES string of the molecule is CC1CC(CN)CN1C(=O)c1ccnc(-n2cccn2)c1. The van der Waals surface area contributed by atoms with Gasteiger partial charge in [0.1, 0.15) is 0 Å². The van der Waals surface area contributed by atoms with E-state index in [2.05, 4.69) is 17.0 Å². The molecule has 1 amide bonds. The Kier molecular flexibility index (Phi) is 3.70. The first kappa shape index (κ1) is 13.8. The smallest absolute Gasteiger partial charge is 0.254 e. The number of nitrogens with zero attached hydrogens (tertiary/aromatic N) is 4. The summed E-state index contributed by atoms with van der Waals surface area (Å²) in [5, 5.41) is 4.14. The molecule has 3 rings (SSSR count). The Morgan fingerprint density at radius 1 is 1.48 bits per heavy atom. The highest BCUT2D eigenvalue weighted by atomic mass is 16.2. The Morgan fingerprint density at radius 2 is 2.33 bits per heavy atom. The minimum Gasteiger partial charge on any atom is -0.336 e. The maximum atomic E-state index is 12.7. The van der Waals surface area contributed by atoms with Gasteiger partial charge in [0.25, 0.3) is 5.91 Å². The molecular formula is C15H19N5O. The predicted octanol–water partition coefficient (Wildman–Crippen LogP) is 1.08. The first-order valence-electron chi connectivity index (χ1n) is 7.16. The fourth-order valence-corrected chi connectivity index (χ4v) is 2.84. The average molecular weight is 285 g/mol. The van der Waals surface area contributed by atoms with Gasteiger partial charge in [-0.3, -0.25) is 4.79 Å². The van der Waals surface area contributed by atoms with Crippen LogP contribution in [0.2, 0.25) is 0 Å². The number of aromatic nitrogens is 3. The maximum Gasteiger partial charge on any atom is 0.254 e. The molecule has 1 aliphatic heterocycles. The summed E-state index contributed by atoms with van der Waals surface area (Å²) in [7, 11) is 0. The molecule has 3 heterocycles. The van der Waals surface area contributed by atoms with Crippen LogP contribution in [0.25, 0.3) is 5.82 Å². The molecule has 110 valence electrons. The summed E-state index contributed by atoms with van der Waals surface area (Å²) in [4.78, 5) is 18.8. The van der Waals surface area contributed by atoms with Crippen molar-refractivity contribution in [3.63, 3.8) is 0 Å². The van der Waals surface area contributed by atoms with Gasteiger partial charge >= 0.3 is 0 Å². The third-order valence-electron chi connectivity index (χ3n) is 3.99. The van der Waals surface area contributed by atoms with E-state index in [1.54, 1.807) is 35.4 Å². The normalized spacial score (nSPS) is 21.7. The molecule has 2 atom stereocenters. The highest BCUT2D eigenvalue weighted by Gasteiger charge is 2.32. The lowest BCUT2D eigenvalue weighted by atomic mass is 10.1. The molecule has 2 unspecified atom stereocenters. The molecule has 1 aliphatic rings. The Balaban J connectivity index is 1.84. The van der Waals surface area contributed by atoms with E-state index in [-0.39, 0.29) is 11.9 Å². The maximum absolute atomic E-state index is 12.7. The second-order valence-electron chi connectivity index (χ2n) is 5.50. The zero-order chi connectivity index (χ0) is 14.8. The minimum atomic E-state index is 0.0363. The van der Waals surface area contributed by atoms with E-state index in [4.69, 9.17) is 5.73 Å². The van der Waals surface area contributed by atoms with Gasteiger partial charge in [0.05, 0.1) is 0 Å². The standard InChI is InChI=1S/C15H19N5O/c1-11-7-12(9-16)10-19(11)15(21)13-3-5-17-14(8-13)20-6-2-4-18-20/h2-6,8,11-12H,7,9-10,16H2,1H3. The average Bonchev–Trinajstić information content (AvgIpc) is 3.16. The Morgan fingerprint density at radius 3 is 3.00 bits per heavy atom. The molecule has 0 radical (unpaired) electrons. The van der Waals surface area contributed by atoms with Crippen LogP contribution in [0.1, 0.15) is 23.7 Å². The Labute approximate surface area is 123 Å². The summed E-state index contributed by atoms with van der Waals surface area (Å²) < 4.78 is 1.65. The van der Waals surface area contributed by atoms with Gasteiger partial charge in [0.2, 0.25) is 0 Å². The number of carbonyl (C=O) groups excluding carboxylic acids is 1. The Bertz CT molecular complexity index is 625. The van der Waals surface area contributed by atoms with Crippen LogP contribution in [0, 0.1) is 5.92 Å². The zero-order valence-electron chi connectivity index (χ0n) is 12.0. The van der Waals surface area contributed by atoms with Crippen LogP contribution < -0.4 is 5.73 Å². The van der Waals surface area contributed by atoms with Crippen LogP contribution in [0.4, 0.5) is 0 Å². The van der Waals surface area contributed by atoms with Crippen LogP contribution in [0.3, 0.4) is 0 Å². The third kappa shape index (κ3) is 2.67. The summed E-state index contributed by atoms with van der Waals surface area (Å²) in [5.41, 5.74) is 6.36. The van der Waals surface area contributed by atoms with Crippen molar-refractivity contribution in [1.82, 2.24) is 19.7 Å². The van der Waals surface area contributed by atoms with Crippen LogP contribution >= 0.6 is 0 Å². The molecule has 0 aliphatic carbocycles. The molecule has 2 N–H and O–H groups in total. The number of hydrogen-bond acceptors (Lipinski definition) is 4. The van der Waals surface area contributed by atoms with E-state index in [1.807, 2.05) is 11.0 Å². The number of pyridine rings is 1. The quantitative estimate of drug-likeness (QED) is 0.915. The van der Waals surface area contributed by atoms with E-state index >= 15 is 0 Å². The third-order valence-corrected chi connectivity index (χ3v) is 3.99. The lowest BCUT2D eigenvalue weighted by molar-refractivity contribution is 0.0743. The monoisotopic (exact) mass is 285 g/mol.